The van der Waals surface area contributed by atoms with Crippen molar-refractivity contribution in [1.82, 2.24) is 10.6 Å². The average Bonchev–Trinajstić information content (AvgIpc) is 3.05. The van der Waals surface area contributed by atoms with Gasteiger partial charge < -0.3 is 25.6 Å². The number of carbonyl (C=O) groups excluding carboxylic acids is 3. The van der Waals surface area contributed by atoms with Crippen LogP contribution in [0.2, 0.25) is 0 Å². The molecule has 0 aliphatic heterocycles. The summed E-state index contributed by atoms with van der Waals surface area (Å²) in [6.07, 6.45) is 38.5. The molecule has 2 unspecified atom stereocenters. The molecule has 0 saturated carbocycles. The lowest BCUT2D eigenvalue weighted by Gasteiger charge is -2.14. The smallest absolute Gasteiger partial charge is 0.328 e. The lowest BCUT2D eigenvalue weighted by Crippen LogP contribution is -2.47. The van der Waals surface area contributed by atoms with E-state index in [-0.39, 0.29) is 30.9 Å². The Bertz CT molecular complexity index is 1030. The fourth-order valence-electron chi connectivity index (χ4n) is 4.25. The standard InChI is InChI=1S/C38H60N2O7/c1-3-5-7-8-9-10-11-12-13-14-15-16-17-18-19-20-26-30-37(44)47-33(27-23-6-4-2)28-24-21-22-25-29-35(42)39-31-36(43)40-34(32-41)38(45)46/h5,7,9-10,12-13,15-16,18-19,23,27,33-34,41H,3-4,6,8,11,14,17,20-22,24-26,28-32H2,1-2H3,(H,39,42)(H,40,43)(H,45,46)/b7-5-,10-9-,13-12-,16-15-,19-18-,27-23-. The summed E-state index contributed by atoms with van der Waals surface area (Å²) in [6, 6.07) is -1.39. The number of amides is 2. The number of aliphatic hydroxyl groups excluding tert-OH is 1. The first kappa shape index (κ1) is 43.3. The van der Waals surface area contributed by atoms with Crippen molar-refractivity contribution in [3.63, 3.8) is 0 Å². The second-order valence-electron chi connectivity index (χ2n) is 11.2. The molecular formula is C38H60N2O7. The van der Waals surface area contributed by atoms with Crippen LogP contribution in [0.4, 0.5) is 0 Å². The maximum absolute atomic E-state index is 12.5. The number of allylic oxidation sites excluding steroid dienone is 11. The van der Waals surface area contributed by atoms with Crippen molar-refractivity contribution in [2.75, 3.05) is 13.2 Å². The Morgan fingerprint density at radius 2 is 1.28 bits per heavy atom. The lowest BCUT2D eigenvalue weighted by atomic mass is 10.1. The van der Waals surface area contributed by atoms with Gasteiger partial charge in [0, 0.05) is 12.8 Å². The fraction of sp³-hybridized carbons (Fsp3) is 0.579. The molecule has 0 saturated heterocycles. The number of esters is 1. The number of unbranched alkanes of at least 4 members (excludes halogenated alkanes) is 5. The number of carbonyl (C=O) groups is 4. The Balaban J connectivity index is 4.13. The molecule has 0 aliphatic carbocycles. The molecule has 2 amide bonds. The van der Waals surface area contributed by atoms with E-state index in [0.717, 1.165) is 83.5 Å². The molecule has 0 bridgehead atoms. The summed E-state index contributed by atoms with van der Waals surface area (Å²) < 4.78 is 5.75. The van der Waals surface area contributed by atoms with Gasteiger partial charge >= 0.3 is 11.9 Å². The van der Waals surface area contributed by atoms with Crippen molar-refractivity contribution in [1.29, 1.82) is 0 Å². The first-order chi connectivity index (χ1) is 22.8. The molecule has 0 aromatic rings. The Hall–Kier alpha value is -3.72. The molecule has 0 spiro atoms. The van der Waals surface area contributed by atoms with Crippen LogP contribution < -0.4 is 10.6 Å². The normalized spacial score (nSPS) is 13.4. The van der Waals surface area contributed by atoms with E-state index in [2.05, 4.69) is 91.3 Å². The van der Waals surface area contributed by atoms with Gasteiger partial charge in [-0.25, -0.2) is 4.79 Å². The first-order valence-electron chi connectivity index (χ1n) is 17.3. The molecule has 0 rings (SSSR count). The van der Waals surface area contributed by atoms with Gasteiger partial charge in [-0.1, -0.05) is 99.9 Å². The molecule has 47 heavy (non-hydrogen) atoms. The number of nitrogens with one attached hydrogen (secondary N) is 2. The SMILES string of the molecule is CC/C=C\C/C=C\C/C=C\C/C=C\C/C=C\CCCC(=O)OC(/C=C\CCC)CCCCCCC(=O)NCC(=O)NC(CO)C(=O)O. The van der Waals surface area contributed by atoms with E-state index in [1.807, 2.05) is 6.08 Å². The third kappa shape index (κ3) is 29.4. The van der Waals surface area contributed by atoms with Crippen LogP contribution in [0.15, 0.2) is 72.9 Å². The van der Waals surface area contributed by atoms with Crippen molar-refractivity contribution in [3.05, 3.63) is 72.9 Å². The number of carboxylic acid groups (broad SMARTS) is 1. The summed E-state index contributed by atoms with van der Waals surface area (Å²) >= 11 is 0. The Morgan fingerprint density at radius 3 is 1.85 bits per heavy atom. The highest BCUT2D eigenvalue weighted by atomic mass is 16.5. The van der Waals surface area contributed by atoms with Crippen molar-refractivity contribution < 1.29 is 34.1 Å². The maximum Gasteiger partial charge on any atom is 0.328 e. The van der Waals surface area contributed by atoms with Crippen LogP contribution in [0, 0.1) is 0 Å². The van der Waals surface area contributed by atoms with Crippen LogP contribution >= 0.6 is 0 Å². The van der Waals surface area contributed by atoms with E-state index < -0.39 is 24.5 Å². The number of hydrogen-bond donors (Lipinski definition) is 4. The molecule has 9 nitrogen and oxygen atoms in total. The molecule has 0 radical (unpaired) electrons. The minimum absolute atomic E-state index is 0.183. The van der Waals surface area contributed by atoms with Gasteiger partial charge in [0.2, 0.25) is 11.8 Å². The molecule has 4 N–H and O–H groups in total. The van der Waals surface area contributed by atoms with Crippen LogP contribution in [0.1, 0.15) is 117 Å². The number of carboxylic acids is 1. The first-order valence-corrected chi connectivity index (χ1v) is 17.3. The summed E-state index contributed by atoms with van der Waals surface area (Å²) in [5, 5.41) is 22.4. The summed E-state index contributed by atoms with van der Waals surface area (Å²) in [6.45, 7) is 3.17. The summed E-state index contributed by atoms with van der Waals surface area (Å²) in [4.78, 5) is 47.0. The number of aliphatic carboxylic acids is 1. The van der Waals surface area contributed by atoms with E-state index in [0.29, 0.717) is 12.8 Å². The van der Waals surface area contributed by atoms with E-state index in [1.54, 1.807) is 0 Å². The summed E-state index contributed by atoms with van der Waals surface area (Å²) in [5.74, 6) is -2.50. The van der Waals surface area contributed by atoms with Crippen molar-refractivity contribution in [3.8, 4) is 0 Å². The molecule has 0 fully saturated rings. The number of rotatable bonds is 29. The molecule has 0 aromatic carbocycles. The third-order valence-corrected chi connectivity index (χ3v) is 6.90. The Kier molecular flexibility index (Phi) is 29.7. The van der Waals surface area contributed by atoms with Gasteiger partial charge in [-0.2, -0.15) is 0 Å². The van der Waals surface area contributed by atoms with Gasteiger partial charge in [0.1, 0.15) is 12.1 Å². The van der Waals surface area contributed by atoms with E-state index >= 15 is 0 Å². The van der Waals surface area contributed by atoms with E-state index in [9.17, 15) is 19.2 Å². The highest BCUT2D eigenvalue weighted by Crippen LogP contribution is 2.13. The monoisotopic (exact) mass is 656 g/mol. The fourth-order valence-corrected chi connectivity index (χ4v) is 4.25. The van der Waals surface area contributed by atoms with Gasteiger partial charge in [0.15, 0.2) is 0 Å². The van der Waals surface area contributed by atoms with Gasteiger partial charge in [-0.3, -0.25) is 14.4 Å². The van der Waals surface area contributed by atoms with Crippen LogP contribution in [0.25, 0.3) is 0 Å². The molecule has 0 aliphatic rings. The zero-order chi connectivity index (χ0) is 34.8. The Morgan fingerprint density at radius 1 is 0.681 bits per heavy atom. The van der Waals surface area contributed by atoms with Gasteiger partial charge in [0.05, 0.1) is 13.2 Å². The minimum atomic E-state index is -1.39. The second-order valence-corrected chi connectivity index (χ2v) is 11.2. The van der Waals surface area contributed by atoms with Crippen LogP contribution in [-0.2, 0) is 23.9 Å². The molecule has 9 heteroatoms. The third-order valence-electron chi connectivity index (χ3n) is 6.90. The molecule has 2 atom stereocenters. The van der Waals surface area contributed by atoms with Crippen LogP contribution in [0.5, 0.6) is 0 Å². The minimum Gasteiger partial charge on any atom is -0.480 e. The number of ether oxygens (including phenoxy) is 1. The highest BCUT2D eigenvalue weighted by molar-refractivity contribution is 5.87. The number of aliphatic hydroxyl groups is 1. The second kappa shape index (κ2) is 32.2. The van der Waals surface area contributed by atoms with Crippen LogP contribution in [-0.4, -0.2) is 59.3 Å². The topological polar surface area (TPSA) is 142 Å². The highest BCUT2D eigenvalue weighted by Gasteiger charge is 2.18. The van der Waals surface area contributed by atoms with Crippen LogP contribution in [0.3, 0.4) is 0 Å². The zero-order valence-electron chi connectivity index (χ0n) is 28.7. The molecule has 264 valence electrons. The molecule has 0 aromatic heterocycles. The van der Waals surface area contributed by atoms with Gasteiger partial charge in [-0.15, -0.1) is 0 Å². The predicted molar refractivity (Wildman–Crippen MR) is 190 cm³/mol. The van der Waals surface area contributed by atoms with Gasteiger partial charge in [0.25, 0.3) is 0 Å². The van der Waals surface area contributed by atoms with Gasteiger partial charge in [-0.05, 0) is 76.7 Å². The predicted octanol–water partition coefficient (Wildman–Crippen LogP) is 7.19. The lowest BCUT2D eigenvalue weighted by molar-refractivity contribution is -0.147. The van der Waals surface area contributed by atoms with Crippen molar-refractivity contribution in [2.45, 2.75) is 129 Å². The summed E-state index contributed by atoms with van der Waals surface area (Å²) in [7, 11) is 0. The zero-order valence-corrected chi connectivity index (χ0v) is 28.7. The summed E-state index contributed by atoms with van der Waals surface area (Å²) in [5.41, 5.74) is 0. The largest absolute Gasteiger partial charge is 0.480 e. The average molecular weight is 657 g/mol. The van der Waals surface area contributed by atoms with E-state index in [4.69, 9.17) is 14.9 Å². The van der Waals surface area contributed by atoms with Crippen molar-refractivity contribution >= 4 is 23.8 Å². The van der Waals surface area contributed by atoms with Crippen molar-refractivity contribution in [2.24, 2.45) is 0 Å². The number of hydrogen-bond acceptors (Lipinski definition) is 6. The molecule has 0 heterocycles. The van der Waals surface area contributed by atoms with E-state index in [1.165, 1.54) is 0 Å². The quantitative estimate of drug-likeness (QED) is 0.0379. The maximum atomic E-state index is 12.5. The molecular weight excluding hydrogens is 596 g/mol. The Labute approximate surface area is 283 Å².